The molecule has 0 radical (unpaired) electrons. The molecule has 2 aromatic heterocycles. The van der Waals surface area contributed by atoms with Crippen LogP contribution in [0.5, 0.6) is 5.75 Å². The van der Waals surface area contributed by atoms with Crippen molar-refractivity contribution in [3.05, 3.63) is 53.1 Å². The number of halogens is 3. The Hall–Kier alpha value is -2.87. The van der Waals surface area contributed by atoms with Gasteiger partial charge in [-0.2, -0.15) is 0 Å². The van der Waals surface area contributed by atoms with Gasteiger partial charge in [-0.3, -0.25) is 4.79 Å². The Morgan fingerprint density at radius 3 is 2.65 bits per heavy atom. The lowest BCUT2D eigenvalue weighted by Crippen LogP contribution is -2.16. The fraction of sp³-hybridized carbons (Fsp3) is 0.111. The maximum atomic E-state index is 12.2. The fourth-order valence-corrected chi connectivity index (χ4v) is 3.39. The maximum Gasteiger partial charge on any atom is 0.573 e. The average molecular weight is 377 g/mol. The van der Waals surface area contributed by atoms with Crippen molar-refractivity contribution in [1.82, 2.24) is 4.98 Å². The second kappa shape index (κ2) is 6.14. The minimum atomic E-state index is -4.72. The molecule has 0 N–H and O–H groups in total. The Morgan fingerprint density at radius 1 is 1.19 bits per heavy atom. The zero-order valence-electron chi connectivity index (χ0n) is 13.0. The SMILES string of the molecule is O=C1CC=Cc2cc(-c3csc(-c4ccc(OC(F)(F)F)cc4)n3)oc21. The van der Waals surface area contributed by atoms with Gasteiger partial charge in [0.15, 0.2) is 11.5 Å². The molecule has 0 bridgehead atoms. The van der Waals surface area contributed by atoms with Crippen LogP contribution in [0.4, 0.5) is 13.2 Å². The first kappa shape index (κ1) is 16.6. The van der Waals surface area contributed by atoms with E-state index in [1.807, 2.05) is 6.08 Å². The van der Waals surface area contributed by atoms with Gasteiger partial charge in [0.1, 0.15) is 16.5 Å². The van der Waals surface area contributed by atoms with E-state index < -0.39 is 6.36 Å². The van der Waals surface area contributed by atoms with Crippen LogP contribution in [-0.4, -0.2) is 17.1 Å². The van der Waals surface area contributed by atoms with Crippen LogP contribution in [0.2, 0.25) is 0 Å². The lowest BCUT2D eigenvalue weighted by atomic mass is 10.0. The quantitative estimate of drug-likeness (QED) is 0.599. The minimum absolute atomic E-state index is 0.0792. The number of ether oxygens (including phenoxy) is 1. The number of ketones is 1. The van der Waals surface area contributed by atoms with Gasteiger partial charge in [0.05, 0.1) is 0 Å². The number of hydrogen-bond donors (Lipinski definition) is 0. The zero-order chi connectivity index (χ0) is 18.3. The van der Waals surface area contributed by atoms with E-state index in [1.165, 1.54) is 35.6 Å². The molecular formula is C18H10F3NO3S. The number of rotatable bonds is 3. The van der Waals surface area contributed by atoms with Crippen LogP contribution >= 0.6 is 11.3 Å². The third-order valence-corrected chi connectivity index (χ3v) is 4.60. The van der Waals surface area contributed by atoms with Gasteiger partial charge in [-0.05, 0) is 30.3 Å². The summed E-state index contributed by atoms with van der Waals surface area (Å²) in [6.45, 7) is 0. The highest BCUT2D eigenvalue weighted by molar-refractivity contribution is 7.13. The van der Waals surface area contributed by atoms with Crippen molar-refractivity contribution in [3.63, 3.8) is 0 Å². The molecule has 0 aliphatic heterocycles. The van der Waals surface area contributed by atoms with E-state index in [1.54, 1.807) is 17.5 Å². The summed E-state index contributed by atoms with van der Waals surface area (Å²) < 4.78 is 46.1. The summed E-state index contributed by atoms with van der Waals surface area (Å²) in [5, 5.41) is 2.39. The summed E-state index contributed by atoms with van der Waals surface area (Å²) >= 11 is 1.33. The summed E-state index contributed by atoms with van der Waals surface area (Å²) in [5.74, 6) is 0.437. The van der Waals surface area contributed by atoms with E-state index in [4.69, 9.17) is 4.42 Å². The van der Waals surface area contributed by atoms with Crippen molar-refractivity contribution >= 4 is 23.2 Å². The molecule has 0 unspecified atom stereocenters. The van der Waals surface area contributed by atoms with Gasteiger partial charge in [-0.25, -0.2) is 4.98 Å². The number of thiazole rings is 1. The van der Waals surface area contributed by atoms with Crippen LogP contribution in [-0.2, 0) is 0 Å². The topological polar surface area (TPSA) is 52.3 Å². The first-order valence-corrected chi connectivity index (χ1v) is 8.43. The summed E-state index contributed by atoms with van der Waals surface area (Å²) in [4.78, 5) is 16.3. The van der Waals surface area contributed by atoms with Gasteiger partial charge in [0, 0.05) is 22.9 Å². The molecule has 8 heteroatoms. The highest BCUT2D eigenvalue weighted by Crippen LogP contribution is 2.34. The van der Waals surface area contributed by atoms with E-state index in [9.17, 15) is 18.0 Å². The fourth-order valence-electron chi connectivity index (χ4n) is 2.58. The molecule has 0 spiro atoms. The number of Topliss-reactive ketones (excluding diaryl/α,β-unsaturated/α-hetero) is 1. The Kier molecular flexibility index (Phi) is 3.91. The molecule has 1 aliphatic carbocycles. The van der Waals surface area contributed by atoms with Gasteiger partial charge in [0.2, 0.25) is 5.78 Å². The molecule has 0 atom stereocenters. The number of carbonyl (C=O) groups is 1. The number of hydrogen-bond acceptors (Lipinski definition) is 5. The standard InChI is InChI=1S/C18H10F3NO3S/c19-18(20,21)25-12-6-4-10(5-7-12)17-22-13(9-26-17)15-8-11-2-1-3-14(23)16(11)24-15/h1-2,4-9H,3H2. The number of alkyl halides is 3. The molecule has 1 aliphatic rings. The minimum Gasteiger partial charge on any atom is -0.451 e. The lowest BCUT2D eigenvalue weighted by molar-refractivity contribution is -0.274. The number of nitrogens with zero attached hydrogens (tertiary/aromatic N) is 1. The average Bonchev–Trinajstić information content (AvgIpc) is 3.21. The molecule has 1 aromatic carbocycles. The van der Waals surface area contributed by atoms with Crippen molar-refractivity contribution in [2.24, 2.45) is 0 Å². The number of benzene rings is 1. The normalized spacial score (nSPS) is 13.7. The molecule has 2 heterocycles. The lowest BCUT2D eigenvalue weighted by Gasteiger charge is -2.08. The summed E-state index contributed by atoms with van der Waals surface area (Å²) in [5.41, 5.74) is 1.94. The van der Waals surface area contributed by atoms with E-state index in [0.29, 0.717) is 34.2 Å². The van der Waals surface area contributed by atoms with Crippen LogP contribution in [0.15, 0.2) is 46.2 Å². The molecule has 0 fully saturated rings. The molecule has 0 saturated heterocycles. The number of furan rings is 1. The molecule has 4 rings (SSSR count). The summed E-state index contributed by atoms with van der Waals surface area (Å²) in [6, 6.07) is 7.23. The third-order valence-electron chi connectivity index (χ3n) is 3.71. The molecule has 3 aromatic rings. The Morgan fingerprint density at radius 2 is 1.96 bits per heavy atom. The van der Waals surface area contributed by atoms with Crippen molar-refractivity contribution in [1.29, 1.82) is 0 Å². The predicted octanol–water partition coefficient (Wildman–Crippen LogP) is 5.57. The van der Waals surface area contributed by atoms with Crippen molar-refractivity contribution in [3.8, 4) is 27.8 Å². The Bertz CT molecular complexity index is 1000. The maximum absolute atomic E-state index is 12.2. The van der Waals surface area contributed by atoms with Gasteiger partial charge in [0.25, 0.3) is 0 Å². The molecule has 0 amide bonds. The summed E-state index contributed by atoms with van der Waals surface area (Å²) in [6.07, 6.45) is -0.799. The second-order valence-electron chi connectivity index (χ2n) is 5.53. The molecule has 0 saturated carbocycles. The monoisotopic (exact) mass is 377 g/mol. The number of aromatic nitrogens is 1. The molecule has 4 nitrogen and oxygen atoms in total. The molecular weight excluding hydrogens is 367 g/mol. The Balaban J connectivity index is 1.59. The molecule has 26 heavy (non-hydrogen) atoms. The van der Waals surface area contributed by atoms with Crippen LogP contribution < -0.4 is 4.74 Å². The van der Waals surface area contributed by atoms with Gasteiger partial charge < -0.3 is 9.15 Å². The number of allylic oxidation sites excluding steroid dienone is 1. The van der Waals surface area contributed by atoms with Crippen LogP contribution in [0.25, 0.3) is 28.1 Å². The first-order valence-electron chi connectivity index (χ1n) is 7.55. The number of fused-ring (bicyclic) bond motifs is 1. The van der Waals surface area contributed by atoms with E-state index in [0.717, 1.165) is 5.56 Å². The van der Waals surface area contributed by atoms with Crippen LogP contribution in [0, 0.1) is 0 Å². The first-order chi connectivity index (χ1) is 12.4. The van der Waals surface area contributed by atoms with Gasteiger partial charge in [-0.1, -0.05) is 12.2 Å². The second-order valence-corrected chi connectivity index (χ2v) is 6.39. The Labute approximate surface area is 149 Å². The van der Waals surface area contributed by atoms with E-state index in [2.05, 4.69) is 9.72 Å². The zero-order valence-corrected chi connectivity index (χ0v) is 13.9. The van der Waals surface area contributed by atoms with Gasteiger partial charge >= 0.3 is 6.36 Å². The third kappa shape index (κ3) is 3.28. The van der Waals surface area contributed by atoms with Crippen molar-refractivity contribution in [2.45, 2.75) is 12.8 Å². The van der Waals surface area contributed by atoms with Gasteiger partial charge in [-0.15, -0.1) is 24.5 Å². The van der Waals surface area contributed by atoms with E-state index >= 15 is 0 Å². The summed E-state index contributed by atoms with van der Waals surface area (Å²) in [7, 11) is 0. The highest BCUT2D eigenvalue weighted by atomic mass is 32.1. The van der Waals surface area contributed by atoms with Crippen molar-refractivity contribution in [2.75, 3.05) is 0 Å². The van der Waals surface area contributed by atoms with Crippen LogP contribution in [0.3, 0.4) is 0 Å². The predicted molar refractivity (Wildman–Crippen MR) is 89.9 cm³/mol. The van der Waals surface area contributed by atoms with E-state index in [-0.39, 0.29) is 11.5 Å². The molecule has 132 valence electrons. The smallest absolute Gasteiger partial charge is 0.451 e. The number of carbonyl (C=O) groups excluding carboxylic acids is 1. The highest BCUT2D eigenvalue weighted by Gasteiger charge is 2.31. The van der Waals surface area contributed by atoms with Crippen LogP contribution in [0.1, 0.15) is 22.5 Å². The largest absolute Gasteiger partial charge is 0.573 e. The van der Waals surface area contributed by atoms with Crippen molar-refractivity contribution < 1.29 is 27.1 Å².